The molecule has 2 atom stereocenters. The maximum absolute atomic E-state index is 12.2. The van der Waals surface area contributed by atoms with Gasteiger partial charge in [-0.15, -0.1) is 10.2 Å². The fourth-order valence-corrected chi connectivity index (χ4v) is 3.05. The first-order valence-electron chi connectivity index (χ1n) is 7.76. The van der Waals surface area contributed by atoms with E-state index >= 15 is 0 Å². The van der Waals surface area contributed by atoms with Gasteiger partial charge in [0, 0.05) is 38.3 Å². The second-order valence-electron chi connectivity index (χ2n) is 5.81. The van der Waals surface area contributed by atoms with Crippen molar-refractivity contribution in [1.29, 1.82) is 0 Å². The molecule has 2 aromatic rings. The van der Waals surface area contributed by atoms with Crippen LogP contribution in [-0.4, -0.2) is 25.8 Å². The summed E-state index contributed by atoms with van der Waals surface area (Å²) < 4.78 is 7.10. The van der Waals surface area contributed by atoms with Gasteiger partial charge in [0.25, 0.3) is 5.56 Å². The van der Waals surface area contributed by atoms with E-state index in [0.717, 1.165) is 25.7 Å². The molecule has 2 heterocycles. The van der Waals surface area contributed by atoms with Crippen LogP contribution in [-0.2, 0) is 13.0 Å². The Bertz CT molecular complexity index is 693. The third-order valence-electron chi connectivity index (χ3n) is 4.17. The third-order valence-corrected chi connectivity index (χ3v) is 4.17. The largest absolute Gasteiger partial charge is 0.426 e. The SMILES string of the molecule is CCn1ccnc(N[C@H]2CC[C@@H](Cc3nnc(C)o3)C2)c1=O. The van der Waals surface area contributed by atoms with Crippen molar-refractivity contribution >= 4 is 5.82 Å². The standard InChI is InChI=1S/C15H21N5O2/c1-3-20-7-6-16-14(15(20)21)17-12-5-4-11(8-12)9-13-19-18-10(2)22-13/h6-7,11-12H,3-5,8-9H2,1-2H3,(H,16,17)/t11-,12+/m1/s1. The van der Waals surface area contributed by atoms with Crippen LogP contribution in [0.25, 0.3) is 0 Å². The van der Waals surface area contributed by atoms with Crippen LogP contribution in [0.1, 0.15) is 38.0 Å². The van der Waals surface area contributed by atoms with Crippen LogP contribution in [0.5, 0.6) is 0 Å². The number of aryl methyl sites for hydroxylation is 2. The third kappa shape index (κ3) is 3.18. The molecule has 0 saturated heterocycles. The molecule has 7 nitrogen and oxygen atoms in total. The van der Waals surface area contributed by atoms with E-state index in [2.05, 4.69) is 20.5 Å². The molecule has 22 heavy (non-hydrogen) atoms. The van der Waals surface area contributed by atoms with E-state index in [0.29, 0.717) is 30.1 Å². The molecule has 1 aliphatic carbocycles. The van der Waals surface area contributed by atoms with Gasteiger partial charge in [-0.1, -0.05) is 0 Å². The highest BCUT2D eigenvalue weighted by Gasteiger charge is 2.27. The molecule has 0 aliphatic heterocycles. The molecule has 7 heteroatoms. The molecule has 118 valence electrons. The Labute approximate surface area is 128 Å². The lowest BCUT2D eigenvalue weighted by atomic mass is 10.0. The Kier molecular flexibility index (Phi) is 4.22. The van der Waals surface area contributed by atoms with Gasteiger partial charge in [-0.25, -0.2) is 4.98 Å². The van der Waals surface area contributed by atoms with Crippen molar-refractivity contribution < 1.29 is 4.42 Å². The summed E-state index contributed by atoms with van der Waals surface area (Å²) in [4.78, 5) is 16.3. The Hall–Kier alpha value is -2.18. The molecule has 3 rings (SSSR count). The zero-order chi connectivity index (χ0) is 15.5. The maximum Gasteiger partial charge on any atom is 0.293 e. The molecule has 1 fully saturated rings. The first-order valence-corrected chi connectivity index (χ1v) is 7.76. The number of hydrogen-bond acceptors (Lipinski definition) is 6. The van der Waals surface area contributed by atoms with Crippen molar-refractivity contribution in [2.75, 3.05) is 5.32 Å². The van der Waals surface area contributed by atoms with Crippen molar-refractivity contribution in [3.8, 4) is 0 Å². The van der Waals surface area contributed by atoms with Crippen molar-refractivity contribution in [2.45, 2.75) is 52.1 Å². The zero-order valence-electron chi connectivity index (χ0n) is 13.0. The summed E-state index contributed by atoms with van der Waals surface area (Å²) in [6.07, 6.45) is 7.29. The molecular formula is C15H21N5O2. The van der Waals surface area contributed by atoms with Crippen LogP contribution in [0.2, 0.25) is 0 Å². The van der Waals surface area contributed by atoms with Gasteiger partial charge >= 0.3 is 0 Å². The van der Waals surface area contributed by atoms with Crippen LogP contribution < -0.4 is 10.9 Å². The molecule has 1 N–H and O–H groups in total. The van der Waals surface area contributed by atoms with E-state index in [4.69, 9.17) is 4.42 Å². The molecule has 0 unspecified atom stereocenters. The average Bonchev–Trinajstić information content (AvgIpc) is 3.11. The van der Waals surface area contributed by atoms with Crippen LogP contribution in [0.3, 0.4) is 0 Å². The lowest BCUT2D eigenvalue weighted by molar-refractivity contribution is 0.416. The predicted molar refractivity (Wildman–Crippen MR) is 81.7 cm³/mol. The normalized spacial score (nSPS) is 21.2. The molecule has 0 spiro atoms. The molecule has 2 aromatic heterocycles. The quantitative estimate of drug-likeness (QED) is 0.906. The van der Waals surface area contributed by atoms with E-state index in [1.54, 1.807) is 23.9 Å². The van der Waals surface area contributed by atoms with E-state index < -0.39 is 0 Å². The summed E-state index contributed by atoms with van der Waals surface area (Å²) in [6.45, 7) is 4.40. The topological polar surface area (TPSA) is 85.8 Å². The molecule has 1 saturated carbocycles. The van der Waals surface area contributed by atoms with E-state index in [1.165, 1.54) is 0 Å². The zero-order valence-corrected chi connectivity index (χ0v) is 13.0. The Balaban J connectivity index is 1.60. The first kappa shape index (κ1) is 14.7. The van der Waals surface area contributed by atoms with Crippen molar-refractivity contribution in [3.63, 3.8) is 0 Å². The highest BCUT2D eigenvalue weighted by molar-refractivity contribution is 5.32. The van der Waals surface area contributed by atoms with Gasteiger partial charge in [0.1, 0.15) is 0 Å². The fourth-order valence-electron chi connectivity index (χ4n) is 3.05. The highest BCUT2D eigenvalue weighted by atomic mass is 16.4. The summed E-state index contributed by atoms with van der Waals surface area (Å²) in [6, 6.07) is 0.280. The average molecular weight is 303 g/mol. The molecule has 0 aromatic carbocycles. The second kappa shape index (κ2) is 6.29. The summed E-state index contributed by atoms with van der Waals surface area (Å²) in [5.41, 5.74) is -0.0547. The van der Waals surface area contributed by atoms with Gasteiger partial charge in [0.2, 0.25) is 11.8 Å². The predicted octanol–water partition coefficient (Wildman–Crippen LogP) is 1.78. The van der Waals surface area contributed by atoms with Crippen LogP contribution >= 0.6 is 0 Å². The Morgan fingerprint density at radius 2 is 2.27 bits per heavy atom. The second-order valence-corrected chi connectivity index (χ2v) is 5.81. The number of anilines is 1. The smallest absolute Gasteiger partial charge is 0.293 e. The molecule has 1 aliphatic rings. The van der Waals surface area contributed by atoms with E-state index in [-0.39, 0.29) is 11.6 Å². The first-order chi connectivity index (χ1) is 10.7. The maximum atomic E-state index is 12.2. The number of aromatic nitrogens is 4. The van der Waals surface area contributed by atoms with Crippen LogP contribution in [0.4, 0.5) is 5.82 Å². The highest BCUT2D eigenvalue weighted by Crippen LogP contribution is 2.29. The van der Waals surface area contributed by atoms with Crippen LogP contribution in [0.15, 0.2) is 21.6 Å². The minimum atomic E-state index is -0.0547. The number of nitrogens with zero attached hydrogens (tertiary/aromatic N) is 4. The fraction of sp³-hybridized carbons (Fsp3) is 0.600. The lowest BCUT2D eigenvalue weighted by Crippen LogP contribution is -2.27. The van der Waals surface area contributed by atoms with Crippen LogP contribution in [0, 0.1) is 12.8 Å². The van der Waals surface area contributed by atoms with Gasteiger partial charge in [0.05, 0.1) is 0 Å². The molecule has 0 radical (unpaired) electrons. The van der Waals surface area contributed by atoms with Crippen molar-refractivity contribution in [2.24, 2.45) is 5.92 Å². The van der Waals surface area contributed by atoms with E-state index in [9.17, 15) is 4.79 Å². The lowest BCUT2D eigenvalue weighted by Gasteiger charge is -2.13. The monoisotopic (exact) mass is 303 g/mol. The number of hydrogen-bond donors (Lipinski definition) is 1. The molecular weight excluding hydrogens is 282 g/mol. The summed E-state index contributed by atoms with van der Waals surface area (Å²) >= 11 is 0. The Morgan fingerprint density at radius 3 is 3.00 bits per heavy atom. The number of nitrogens with one attached hydrogen (secondary N) is 1. The minimum absolute atomic E-state index is 0.0547. The van der Waals surface area contributed by atoms with Gasteiger partial charge < -0.3 is 14.3 Å². The van der Waals surface area contributed by atoms with Gasteiger partial charge in [-0.05, 0) is 32.1 Å². The number of rotatable bonds is 5. The summed E-state index contributed by atoms with van der Waals surface area (Å²) in [5.74, 6) is 2.27. The molecule has 0 amide bonds. The van der Waals surface area contributed by atoms with Crippen molar-refractivity contribution in [3.05, 3.63) is 34.5 Å². The Morgan fingerprint density at radius 1 is 1.41 bits per heavy atom. The van der Waals surface area contributed by atoms with Gasteiger partial charge in [0.15, 0.2) is 5.82 Å². The summed E-state index contributed by atoms with van der Waals surface area (Å²) in [5, 5.41) is 11.2. The van der Waals surface area contributed by atoms with Crippen molar-refractivity contribution in [1.82, 2.24) is 19.7 Å². The summed E-state index contributed by atoms with van der Waals surface area (Å²) in [7, 11) is 0. The van der Waals surface area contributed by atoms with Gasteiger partial charge in [-0.2, -0.15) is 0 Å². The minimum Gasteiger partial charge on any atom is -0.426 e. The van der Waals surface area contributed by atoms with E-state index in [1.807, 2.05) is 6.92 Å². The molecule has 0 bridgehead atoms. The van der Waals surface area contributed by atoms with Gasteiger partial charge in [-0.3, -0.25) is 4.79 Å².